The first-order chi connectivity index (χ1) is 32.1. The minimum Gasteiger partial charge on any atom is -0.383 e. The van der Waals surface area contributed by atoms with Gasteiger partial charge in [0.1, 0.15) is 21.7 Å². The number of piperazine rings is 1. The van der Waals surface area contributed by atoms with Gasteiger partial charge in [0.2, 0.25) is 0 Å². The number of hydrogen-bond donors (Lipinski definition) is 3. The highest BCUT2D eigenvalue weighted by atomic mass is 32.2. The second kappa shape index (κ2) is 21.8. The van der Waals surface area contributed by atoms with Crippen molar-refractivity contribution in [2.45, 2.75) is 33.5 Å². The maximum absolute atomic E-state index is 14.1. The number of hydrogen-bond acceptors (Lipinski definition) is 8. The normalized spacial score (nSPS) is 14.0. The van der Waals surface area contributed by atoms with E-state index in [4.69, 9.17) is 0 Å². The van der Waals surface area contributed by atoms with Gasteiger partial charge in [-0.3, -0.25) is 4.79 Å². The first kappa shape index (κ1) is 49.0. The Labute approximate surface area is 395 Å². The van der Waals surface area contributed by atoms with Crippen LogP contribution >= 0.6 is 11.8 Å². The summed E-state index contributed by atoms with van der Waals surface area (Å²) in [6, 6.07) is 32.9. The van der Waals surface area contributed by atoms with Crippen molar-refractivity contribution in [2.24, 2.45) is 7.05 Å². The lowest BCUT2D eigenvalue weighted by molar-refractivity contribution is -0.0435. The van der Waals surface area contributed by atoms with Crippen LogP contribution in [0.5, 0.6) is 0 Å². The predicted octanol–water partition coefficient (Wildman–Crippen LogP) is 9.21. The van der Waals surface area contributed by atoms with Crippen LogP contribution in [0.4, 0.5) is 28.9 Å². The summed E-state index contributed by atoms with van der Waals surface area (Å²) in [6.07, 6.45) is 0.807. The van der Waals surface area contributed by atoms with Crippen LogP contribution < -0.4 is 15.4 Å². The van der Waals surface area contributed by atoms with Gasteiger partial charge in [0.25, 0.3) is 15.7 Å². The molecule has 1 atom stereocenters. The topological polar surface area (TPSA) is 116 Å². The summed E-state index contributed by atoms with van der Waals surface area (Å²) in [7, 11) is -3.92. The van der Waals surface area contributed by atoms with Crippen LogP contribution in [0.1, 0.15) is 33.6 Å². The van der Waals surface area contributed by atoms with E-state index in [0.29, 0.717) is 40.2 Å². The van der Waals surface area contributed by atoms with Crippen molar-refractivity contribution in [1.29, 1.82) is 0 Å². The molecule has 67 heavy (non-hydrogen) atoms. The number of alkyl halides is 3. The van der Waals surface area contributed by atoms with Crippen LogP contribution in [0.3, 0.4) is 0 Å². The fourth-order valence-corrected chi connectivity index (χ4v) is 10.3. The Morgan fingerprint density at radius 1 is 0.806 bits per heavy atom. The van der Waals surface area contributed by atoms with Gasteiger partial charge in [-0.05, 0) is 129 Å². The molecule has 350 valence electrons. The van der Waals surface area contributed by atoms with E-state index in [1.54, 1.807) is 36.4 Å². The first-order valence-electron chi connectivity index (χ1n) is 21.5. The molecule has 1 saturated heterocycles. The average molecular weight is 971 g/mol. The average Bonchev–Trinajstić information content (AvgIpc) is 3.58. The van der Waals surface area contributed by atoms with Crippen LogP contribution in [0.25, 0.3) is 22.4 Å². The van der Waals surface area contributed by atoms with Crippen molar-refractivity contribution in [3.8, 4) is 34.2 Å². The van der Waals surface area contributed by atoms with Gasteiger partial charge in [-0.25, -0.2) is 17.0 Å². The lowest BCUT2D eigenvalue weighted by atomic mass is 9.95. The van der Waals surface area contributed by atoms with Crippen molar-refractivity contribution in [2.75, 3.05) is 68.7 Å². The minimum absolute atomic E-state index is 0.171. The molecule has 1 unspecified atom stereocenters. The summed E-state index contributed by atoms with van der Waals surface area (Å²) < 4.78 is 98.9. The zero-order valence-electron chi connectivity index (χ0n) is 37.1. The lowest BCUT2D eigenvalue weighted by Crippen LogP contribution is -2.45. The number of sulfone groups is 1. The molecule has 1 aromatic heterocycles. The molecular weight excluding hydrogens is 921 g/mol. The number of halogens is 4. The van der Waals surface area contributed by atoms with E-state index >= 15 is 0 Å². The number of benzene rings is 5. The molecule has 1 aliphatic heterocycles. The highest BCUT2D eigenvalue weighted by Crippen LogP contribution is 2.40. The molecule has 5 aromatic carbocycles. The maximum atomic E-state index is 14.1. The summed E-state index contributed by atoms with van der Waals surface area (Å²) in [6.45, 7) is 7.50. The van der Waals surface area contributed by atoms with E-state index in [1.165, 1.54) is 36.0 Å². The largest absolute Gasteiger partial charge is 0.501 e. The van der Waals surface area contributed by atoms with E-state index in [0.717, 1.165) is 72.6 Å². The van der Waals surface area contributed by atoms with E-state index in [1.807, 2.05) is 73.1 Å². The Balaban J connectivity index is 1.06. The van der Waals surface area contributed by atoms with Crippen LogP contribution in [0.2, 0.25) is 0 Å². The number of nitrogens with zero attached hydrogens (tertiary/aromatic N) is 3. The molecule has 0 radical (unpaired) electrons. The molecule has 2 heterocycles. The third-order valence-electron chi connectivity index (χ3n) is 11.4. The summed E-state index contributed by atoms with van der Waals surface area (Å²) >= 11 is 1.45. The number of likely N-dealkylation sites (N-methyl/N-ethyl adjacent to an activating group) is 1. The third-order valence-corrected chi connectivity index (χ3v) is 15.0. The first-order valence-corrected chi connectivity index (χ1v) is 25.1. The molecule has 1 aliphatic rings. The molecule has 1 amide bonds. The number of anilines is 2. The van der Waals surface area contributed by atoms with Crippen LogP contribution in [-0.2, 0) is 27.9 Å². The van der Waals surface area contributed by atoms with Gasteiger partial charge in [-0.15, -0.1) is 11.8 Å². The van der Waals surface area contributed by atoms with Crippen molar-refractivity contribution in [1.82, 2.24) is 19.7 Å². The van der Waals surface area contributed by atoms with Gasteiger partial charge in [0, 0.05) is 85.0 Å². The fourth-order valence-electron chi connectivity index (χ4n) is 7.64. The Hall–Kier alpha value is -5.90. The van der Waals surface area contributed by atoms with E-state index < -0.39 is 31.2 Å². The number of aromatic nitrogens is 1. The number of carbonyl (C=O) groups is 1. The highest BCUT2D eigenvalue weighted by Gasteiger charge is 2.48. The van der Waals surface area contributed by atoms with Crippen molar-refractivity contribution in [3.05, 3.63) is 150 Å². The number of thioether (sulfide) groups is 1. The van der Waals surface area contributed by atoms with Gasteiger partial charge < -0.3 is 29.7 Å². The molecule has 1 fully saturated rings. The molecule has 0 spiro atoms. The standard InChI is InChI=1S/C50H50F4N6O4S3/c1-35-46(49(61)56-25-8-27-60-30-28-58(2)29-31-60)47(48(59(35)3)38-17-19-40(51)20-18-38)39-10-7-9-37(33-39)14-13-36-15-21-41(22-16-36)57-66(62)43-23-24-44(45(34-43)67(63,64)50(52,53)54)55-26-32-65-42-11-5-4-6-12-42/h4-7,9-12,15-24,33-34,55,57H,8,25-32H2,1-3H3,(H,56,61). The predicted molar refractivity (Wildman–Crippen MR) is 260 cm³/mol. The number of amides is 1. The zero-order chi connectivity index (χ0) is 47.7. The molecule has 7 rings (SSSR count). The Kier molecular flexibility index (Phi) is 16.0. The SMILES string of the molecule is Cc1c(C(=O)NCCCN2CCN(C)CC2)c(-c2cccc(C#Cc3ccc(NS(=O)c4ccc(NCCSc5ccccc5)c(S(=O)(=O)C(F)(F)F)c4)cc3)c2)c(-c2ccc(F)cc2)n1C. The van der Waals surface area contributed by atoms with Gasteiger partial charge in [-0.2, -0.15) is 13.2 Å². The molecule has 6 aromatic rings. The molecule has 17 heteroatoms. The maximum Gasteiger partial charge on any atom is 0.501 e. The minimum atomic E-state index is -5.79. The summed E-state index contributed by atoms with van der Waals surface area (Å²) in [5, 5.41) is 5.94. The monoisotopic (exact) mass is 970 g/mol. The second-order valence-corrected chi connectivity index (χ2v) is 20.3. The molecule has 0 bridgehead atoms. The van der Waals surface area contributed by atoms with Crippen molar-refractivity contribution in [3.63, 3.8) is 0 Å². The Morgan fingerprint density at radius 3 is 2.21 bits per heavy atom. The molecule has 0 aliphatic carbocycles. The van der Waals surface area contributed by atoms with E-state index in [2.05, 4.69) is 44.0 Å². The fraction of sp³-hybridized carbons (Fsp3) is 0.260. The third kappa shape index (κ3) is 12.2. The zero-order valence-corrected chi connectivity index (χ0v) is 39.6. The molecule has 0 saturated carbocycles. The molecular formula is C50H50F4N6O4S3. The van der Waals surface area contributed by atoms with Gasteiger partial charge in [-0.1, -0.05) is 42.2 Å². The number of carbonyl (C=O) groups excluding carboxylic acids is 1. The van der Waals surface area contributed by atoms with Crippen LogP contribution in [0, 0.1) is 24.6 Å². The Morgan fingerprint density at radius 2 is 1.51 bits per heavy atom. The van der Waals surface area contributed by atoms with Gasteiger partial charge in [0.15, 0.2) is 0 Å². The van der Waals surface area contributed by atoms with Gasteiger partial charge in [0.05, 0.1) is 21.8 Å². The highest BCUT2D eigenvalue weighted by molar-refractivity contribution is 7.99. The summed E-state index contributed by atoms with van der Waals surface area (Å²) in [5.74, 6) is 6.18. The molecule has 10 nitrogen and oxygen atoms in total. The van der Waals surface area contributed by atoms with E-state index in [9.17, 15) is 35.0 Å². The van der Waals surface area contributed by atoms with Crippen molar-refractivity contribution < 1.29 is 35.0 Å². The van der Waals surface area contributed by atoms with E-state index in [-0.39, 0.29) is 28.9 Å². The van der Waals surface area contributed by atoms with Crippen LogP contribution in [-0.4, -0.2) is 97.0 Å². The number of rotatable bonds is 16. The van der Waals surface area contributed by atoms with Gasteiger partial charge >= 0.3 is 5.51 Å². The summed E-state index contributed by atoms with van der Waals surface area (Å²) in [5.41, 5.74) is -0.00964. The van der Waals surface area contributed by atoms with Crippen LogP contribution in [0.15, 0.2) is 136 Å². The quantitative estimate of drug-likeness (QED) is 0.0381. The number of nitrogens with one attached hydrogen (secondary N) is 3. The van der Waals surface area contributed by atoms with Crippen molar-refractivity contribution >= 4 is 49.9 Å². The Bertz CT molecular complexity index is 2890. The lowest BCUT2D eigenvalue weighted by Gasteiger charge is -2.32. The summed E-state index contributed by atoms with van der Waals surface area (Å²) in [4.78, 5) is 18.5. The smallest absolute Gasteiger partial charge is 0.383 e. The second-order valence-electron chi connectivity index (χ2n) is 16.0. The molecule has 3 N–H and O–H groups in total.